The lowest BCUT2D eigenvalue weighted by Crippen LogP contribution is -2.22. The summed E-state index contributed by atoms with van der Waals surface area (Å²) < 4.78 is 4.99. The van der Waals surface area contributed by atoms with Gasteiger partial charge in [0.25, 0.3) is 0 Å². The number of ketones is 1. The van der Waals surface area contributed by atoms with Gasteiger partial charge in [0.1, 0.15) is 0 Å². The minimum atomic E-state index is -0.774. The summed E-state index contributed by atoms with van der Waals surface area (Å²) in [7, 11) is 0. The molecule has 1 heterocycles. The molecular weight excluding hydrogens is 192 g/mol. The maximum Gasteiger partial charge on any atom is 0.331 e. The second-order valence-electron chi connectivity index (χ2n) is 3.41. The van der Waals surface area contributed by atoms with Gasteiger partial charge in [0, 0.05) is 11.6 Å². The van der Waals surface area contributed by atoms with Crippen molar-refractivity contribution in [3.63, 3.8) is 0 Å². The Labute approximate surface area is 87.4 Å². The number of esters is 1. The first kappa shape index (κ1) is 9.65. The second-order valence-corrected chi connectivity index (χ2v) is 3.41. The highest BCUT2D eigenvalue weighted by Crippen LogP contribution is 2.24. The number of carbonyl (C=O) groups is 2. The molecule has 15 heavy (non-hydrogen) atoms. The molecule has 0 radical (unpaired) electrons. The van der Waals surface area contributed by atoms with E-state index in [-0.39, 0.29) is 5.78 Å². The fourth-order valence-electron chi connectivity index (χ4n) is 1.55. The Bertz CT molecular complexity index is 446. The molecule has 1 unspecified atom stereocenters. The van der Waals surface area contributed by atoms with Gasteiger partial charge in [-0.05, 0) is 18.6 Å². The van der Waals surface area contributed by atoms with E-state index in [2.05, 4.69) is 0 Å². The van der Waals surface area contributed by atoms with Crippen molar-refractivity contribution in [2.75, 3.05) is 0 Å². The van der Waals surface area contributed by atoms with Crippen molar-refractivity contribution in [1.29, 1.82) is 0 Å². The van der Waals surface area contributed by atoms with Crippen LogP contribution in [0.5, 0.6) is 0 Å². The zero-order valence-electron chi connectivity index (χ0n) is 8.27. The molecule has 1 aromatic carbocycles. The predicted molar refractivity (Wildman–Crippen MR) is 54.2 cm³/mol. The van der Waals surface area contributed by atoms with Gasteiger partial charge < -0.3 is 4.74 Å². The molecular formula is C12H10O3. The largest absolute Gasteiger partial charge is 0.446 e. The van der Waals surface area contributed by atoms with Crippen molar-refractivity contribution in [2.24, 2.45) is 0 Å². The molecule has 1 aliphatic rings. The van der Waals surface area contributed by atoms with Crippen molar-refractivity contribution >= 4 is 11.8 Å². The molecule has 0 bridgehead atoms. The van der Waals surface area contributed by atoms with Crippen LogP contribution >= 0.6 is 0 Å². The summed E-state index contributed by atoms with van der Waals surface area (Å²) in [5.41, 5.74) is 1.69. The van der Waals surface area contributed by atoms with Gasteiger partial charge in [0.15, 0.2) is 6.10 Å². The van der Waals surface area contributed by atoms with Gasteiger partial charge in [-0.2, -0.15) is 0 Å². The van der Waals surface area contributed by atoms with E-state index in [1.54, 1.807) is 6.07 Å². The van der Waals surface area contributed by atoms with Gasteiger partial charge in [-0.3, -0.25) is 4.79 Å². The molecule has 0 spiro atoms. The zero-order chi connectivity index (χ0) is 10.8. The Morgan fingerprint density at radius 3 is 2.60 bits per heavy atom. The molecule has 76 valence electrons. The zero-order valence-corrected chi connectivity index (χ0v) is 8.27. The van der Waals surface area contributed by atoms with Crippen LogP contribution in [-0.4, -0.2) is 11.8 Å². The van der Waals surface area contributed by atoms with Crippen LogP contribution in [-0.2, 0) is 14.3 Å². The summed E-state index contributed by atoms with van der Waals surface area (Å²) in [5, 5.41) is 0. The van der Waals surface area contributed by atoms with E-state index in [9.17, 15) is 9.59 Å². The molecule has 0 saturated carbocycles. The molecule has 3 heteroatoms. The van der Waals surface area contributed by atoms with E-state index in [0.717, 1.165) is 17.2 Å². The van der Waals surface area contributed by atoms with E-state index < -0.39 is 12.1 Å². The van der Waals surface area contributed by atoms with Crippen molar-refractivity contribution in [3.8, 4) is 0 Å². The Kier molecular flexibility index (Phi) is 2.37. The summed E-state index contributed by atoms with van der Waals surface area (Å²) in [4.78, 5) is 22.6. The Morgan fingerprint density at radius 2 is 1.87 bits per heavy atom. The van der Waals surface area contributed by atoms with Gasteiger partial charge >= 0.3 is 5.97 Å². The first-order valence-electron chi connectivity index (χ1n) is 4.66. The molecule has 0 amide bonds. The van der Waals surface area contributed by atoms with E-state index >= 15 is 0 Å². The van der Waals surface area contributed by atoms with Crippen LogP contribution in [0.2, 0.25) is 0 Å². The molecule has 1 aromatic rings. The maximum atomic E-state index is 11.5. The molecule has 0 aromatic heterocycles. The van der Waals surface area contributed by atoms with Crippen molar-refractivity contribution in [3.05, 3.63) is 47.5 Å². The molecule has 2 rings (SSSR count). The number of ether oxygens (including phenoxy) is 1. The second kappa shape index (κ2) is 3.69. The number of hydrogen-bond donors (Lipinski definition) is 0. The molecule has 1 aliphatic heterocycles. The van der Waals surface area contributed by atoms with Crippen LogP contribution < -0.4 is 0 Å². The van der Waals surface area contributed by atoms with Gasteiger partial charge in [-0.15, -0.1) is 0 Å². The van der Waals surface area contributed by atoms with E-state index in [0.29, 0.717) is 0 Å². The molecule has 0 saturated heterocycles. The fourth-order valence-corrected chi connectivity index (χ4v) is 1.55. The highest BCUT2D eigenvalue weighted by Gasteiger charge is 2.26. The number of hydrogen-bond acceptors (Lipinski definition) is 3. The third kappa shape index (κ3) is 1.81. The van der Waals surface area contributed by atoms with Gasteiger partial charge in [-0.25, -0.2) is 4.79 Å². The Morgan fingerprint density at radius 1 is 1.13 bits per heavy atom. The Balaban J connectivity index is 2.40. The van der Waals surface area contributed by atoms with Crippen LogP contribution in [0.25, 0.3) is 0 Å². The number of carbonyl (C=O) groups excluding carboxylic acids is 2. The topological polar surface area (TPSA) is 43.4 Å². The molecule has 3 nitrogen and oxygen atoms in total. The lowest BCUT2D eigenvalue weighted by Gasteiger charge is -2.19. The predicted octanol–water partition coefficient (Wildman–Crippen LogP) is 1.72. The van der Waals surface area contributed by atoms with Gasteiger partial charge in [0.05, 0.1) is 0 Å². The van der Waals surface area contributed by atoms with Crippen molar-refractivity contribution < 1.29 is 14.3 Å². The molecule has 1 atom stereocenters. The van der Waals surface area contributed by atoms with Gasteiger partial charge in [-0.1, -0.05) is 24.3 Å². The normalized spacial score (nSPS) is 20.2. The SMILES string of the molecule is Cc1ccccc1C1OC(=O)C=CC1=O. The average molecular weight is 202 g/mol. The lowest BCUT2D eigenvalue weighted by molar-refractivity contribution is -0.151. The highest BCUT2D eigenvalue weighted by atomic mass is 16.5. The van der Waals surface area contributed by atoms with E-state index in [4.69, 9.17) is 4.74 Å². The minimum Gasteiger partial charge on any atom is -0.446 e. The quantitative estimate of drug-likeness (QED) is 0.651. The first-order valence-corrected chi connectivity index (χ1v) is 4.66. The average Bonchev–Trinajstić information content (AvgIpc) is 2.23. The lowest BCUT2D eigenvalue weighted by atomic mass is 9.99. The van der Waals surface area contributed by atoms with Crippen LogP contribution in [0.4, 0.5) is 0 Å². The summed E-state index contributed by atoms with van der Waals surface area (Å²) >= 11 is 0. The smallest absolute Gasteiger partial charge is 0.331 e. The summed E-state index contributed by atoms with van der Waals surface area (Å²) in [6, 6.07) is 7.38. The first-order chi connectivity index (χ1) is 7.18. The van der Waals surface area contributed by atoms with E-state index in [1.807, 2.05) is 25.1 Å². The van der Waals surface area contributed by atoms with Crippen LogP contribution in [0.1, 0.15) is 17.2 Å². The fraction of sp³-hybridized carbons (Fsp3) is 0.167. The van der Waals surface area contributed by atoms with Crippen LogP contribution in [0.3, 0.4) is 0 Å². The minimum absolute atomic E-state index is 0.191. The third-order valence-corrected chi connectivity index (χ3v) is 2.35. The van der Waals surface area contributed by atoms with E-state index in [1.165, 1.54) is 6.08 Å². The van der Waals surface area contributed by atoms with Crippen molar-refractivity contribution in [1.82, 2.24) is 0 Å². The molecule has 0 N–H and O–H groups in total. The Hall–Kier alpha value is -1.90. The maximum absolute atomic E-state index is 11.5. The van der Waals surface area contributed by atoms with Crippen LogP contribution in [0, 0.1) is 6.92 Å². The molecule has 0 fully saturated rings. The standard InChI is InChI=1S/C12H10O3/c1-8-4-2-3-5-9(8)12-10(13)6-7-11(14)15-12/h2-7,12H,1H3. The summed E-state index contributed by atoms with van der Waals surface area (Å²) in [6.45, 7) is 1.88. The number of rotatable bonds is 1. The summed E-state index contributed by atoms with van der Waals surface area (Å²) in [5.74, 6) is -0.660. The van der Waals surface area contributed by atoms with Crippen LogP contribution in [0.15, 0.2) is 36.4 Å². The molecule has 0 aliphatic carbocycles. The highest BCUT2D eigenvalue weighted by molar-refractivity contribution is 6.03. The van der Waals surface area contributed by atoms with Crippen molar-refractivity contribution in [2.45, 2.75) is 13.0 Å². The number of benzene rings is 1. The monoisotopic (exact) mass is 202 g/mol. The van der Waals surface area contributed by atoms with Gasteiger partial charge in [0.2, 0.25) is 5.78 Å². The number of cyclic esters (lactones) is 1. The third-order valence-electron chi connectivity index (χ3n) is 2.35. The number of aryl methyl sites for hydroxylation is 1. The summed E-state index contributed by atoms with van der Waals surface area (Å²) in [6.07, 6.45) is 1.64.